The van der Waals surface area contributed by atoms with Gasteiger partial charge in [-0.2, -0.15) is 0 Å². The van der Waals surface area contributed by atoms with Crippen molar-refractivity contribution in [3.8, 4) is 0 Å². The van der Waals surface area contributed by atoms with Gasteiger partial charge in [-0.25, -0.2) is 0 Å². The van der Waals surface area contributed by atoms with Crippen molar-refractivity contribution in [3.05, 3.63) is 41.2 Å². The molecule has 0 fully saturated rings. The number of allylic oxidation sites excluding steroid dienone is 2. The fraction of sp³-hybridized carbons (Fsp3) is 0.308. The Morgan fingerprint density at radius 2 is 1.93 bits per heavy atom. The van der Waals surface area contributed by atoms with E-state index in [2.05, 4.69) is 37.1 Å². The summed E-state index contributed by atoms with van der Waals surface area (Å²) in [5, 5.41) is 9.01. The first kappa shape index (κ1) is 10.1. The number of nitrogens with zero attached hydrogens (tertiary/aromatic N) is 1. The Kier molecular flexibility index (Phi) is 2.45. The lowest BCUT2D eigenvalue weighted by molar-refractivity contribution is 0.277. The van der Waals surface area contributed by atoms with E-state index in [4.69, 9.17) is 5.11 Å². The van der Waals surface area contributed by atoms with Gasteiger partial charge in [0.25, 0.3) is 0 Å². The molecule has 78 valence electrons. The van der Waals surface area contributed by atoms with Gasteiger partial charge < -0.3 is 5.11 Å². The number of aliphatic hydroxyl groups excluding tert-OH is 1. The maximum absolute atomic E-state index is 9.01. The smallest absolute Gasteiger partial charge is 0.0853 e. The van der Waals surface area contributed by atoms with E-state index in [-0.39, 0.29) is 12.0 Å². The van der Waals surface area contributed by atoms with E-state index in [0.717, 1.165) is 11.3 Å². The predicted octanol–water partition coefficient (Wildman–Crippen LogP) is 2.64. The number of aliphatic hydroxyl groups is 1. The van der Waals surface area contributed by atoms with Crippen LogP contribution in [-0.2, 0) is 6.61 Å². The highest BCUT2D eigenvalue weighted by molar-refractivity contribution is 5.66. The first-order valence-corrected chi connectivity index (χ1v) is 5.10. The van der Waals surface area contributed by atoms with Crippen LogP contribution in [0.1, 0.15) is 30.8 Å². The van der Waals surface area contributed by atoms with Crippen LogP contribution in [0, 0.1) is 5.41 Å². The van der Waals surface area contributed by atoms with Crippen LogP contribution in [0.3, 0.4) is 0 Å². The van der Waals surface area contributed by atoms with Crippen molar-refractivity contribution < 1.29 is 5.11 Å². The molecule has 0 radical (unpaired) electrons. The standard InChI is InChI=1S/C13H15NO/c1-13(2)7-5-10-3-4-11(9-15)14-12(10)6-8-13/h3-8,15H,9H2,1-2H3. The predicted molar refractivity (Wildman–Crippen MR) is 62.0 cm³/mol. The minimum Gasteiger partial charge on any atom is -0.390 e. The Morgan fingerprint density at radius 3 is 2.67 bits per heavy atom. The molecule has 2 nitrogen and oxygen atoms in total. The fourth-order valence-corrected chi connectivity index (χ4v) is 1.54. The highest BCUT2D eigenvalue weighted by Gasteiger charge is 2.13. The summed E-state index contributed by atoms with van der Waals surface area (Å²) in [5.41, 5.74) is 2.82. The molecule has 1 aliphatic carbocycles. The quantitative estimate of drug-likeness (QED) is 0.757. The summed E-state index contributed by atoms with van der Waals surface area (Å²) in [5.74, 6) is 0. The highest BCUT2D eigenvalue weighted by Crippen LogP contribution is 2.26. The first-order chi connectivity index (χ1) is 7.11. The normalized spacial score (nSPS) is 17.3. The zero-order valence-electron chi connectivity index (χ0n) is 9.07. The van der Waals surface area contributed by atoms with Crippen LogP contribution >= 0.6 is 0 Å². The second-order valence-electron chi connectivity index (χ2n) is 4.42. The maximum atomic E-state index is 9.01. The lowest BCUT2D eigenvalue weighted by Gasteiger charge is -2.11. The van der Waals surface area contributed by atoms with Crippen molar-refractivity contribution in [3.63, 3.8) is 0 Å². The molecular formula is C13H15NO. The molecule has 2 heteroatoms. The second kappa shape index (κ2) is 3.63. The van der Waals surface area contributed by atoms with Crippen LogP contribution in [0.15, 0.2) is 24.3 Å². The molecule has 0 unspecified atom stereocenters. The molecule has 0 bridgehead atoms. The summed E-state index contributed by atoms with van der Waals surface area (Å²) in [4.78, 5) is 4.37. The maximum Gasteiger partial charge on any atom is 0.0853 e. The molecule has 0 spiro atoms. The summed E-state index contributed by atoms with van der Waals surface area (Å²) < 4.78 is 0. The van der Waals surface area contributed by atoms with E-state index in [1.165, 1.54) is 0 Å². The van der Waals surface area contributed by atoms with E-state index in [9.17, 15) is 0 Å². The number of pyridine rings is 1. The van der Waals surface area contributed by atoms with Gasteiger partial charge in [0.1, 0.15) is 0 Å². The Morgan fingerprint density at radius 1 is 1.20 bits per heavy atom. The highest BCUT2D eigenvalue weighted by atomic mass is 16.3. The number of fused-ring (bicyclic) bond motifs is 1. The van der Waals surface area contributed by atoms with Crippen LogP contribution in [0.2, 0.25) is 0 Å². The van der Waals surface area contributed by atoms with Gasteiger partial charge in [0.05, 0.1) is 18.0 Å². The summed E-state index contributed by atoms with van der Waals surface area (Å²) in [6.45, 7) is 4.30. The first-order valence-electron chi connectivity index (χ1n) is 5.10. The lowest BCUT2D eigenvalue weighted by atomic mass is 9.93. The molecule has 1 aliphatic rings. The van der Waals surface area contributed by atoms with Gasteiger partial charge in [0.15, 0.2) is 0 Å². The van der Waals surface area contributed by atoms with Gasteiger partial charge in [-0.3, -0.25) is 4.98 Å². The van der Waals surface area contributed by atoms with Crippen molar-refractivity contribution >= 4 is 12.2 Å². The average molecular weight is 201 g/mol. The molecule has 0 aromatic carbocycles. The second-order valence-corrected chi connectivity index (χ2v) is 4.42. The minimum absolute atomic E-state index is 0.00573. The zero-order valence-corrected chi connectivity index (χ0v) is 9.07. The number of rotatable bonds is 1. The Labute approximate surface area is 90.0 Å². The van der Waals surface area contributed by atoms with Gasteiger partial charge in [-0.05, 0) is 17.7 Å². The van der Waals surface area contributed by atoms with E-state index in [1.807, 2.05) is 18.2 Å². The summed E-state index contributed by atoms with van der Waals surface area (Å²) in [6, 6.07) is 3.85. The van der Waals surface area contributed by atoms with Gasteiger partial charge >= 0.3 is 0 Å². The topological polar surface area (TPSA) is 33.1 Å². The van der Waals surface area contributed by atoms with Crippen molar-refractivity contribution in [2.45, 2.75) is 20.5 Å². The van der Waals surface area contributed by atoms with Gasteiger partial charge in [0.2, 0.25) is 0 Å². The van der Waals surface area contributed by atoms with Crippen molar-refractivity contribution in [1.82, 2.24) is 4.98 Å². The van der Waals surface area contributed by atoms with Crippen LogP contribution in [0.25, 0.3) is 12.2 Å². The molecule has 1 N–H and O–H groups in total. The molecule has 0 amide bonds. The number of hydrogen-bond acceptors (Lipinski definition) is 2. The van der Waals surface area contributed by atoms with E-state index in [1.54, 1.807) is 0 Å². The summed E-state index contributed by atoms with van der Waals surface area (Å²) in [7, 11) is 0. The SMILES string of the molecule is CC1(C)C=Cc2ccc(CO)nc2C=C1. The van der Waals surface area contributed by atoms with Crippen LogP contribution in [-0.4, -0.2) is 10.1 Å². The monoisotopic (exact) mass is 201 g/mol. The minimum atomic E-state index is -0.00573. The Balaban J connectivity index is 2.49. The molecule has 0 saturated carbocycles. The molecular weight excluding hydrogens is 186 g/mol. The van der Waals surface area contributed by atoms with Crippen molar-refractivity contribution in [2.24, 2.45) is 5.41 Å². The largest absolute Gasteiger partial charge is 0.390 e. The average Bonchev–Trinajstić information content (AvgIpc) is 2.38. The lowest BCUT2D eigenvalue weighted by Crippen LogP contribution is -2.00. The molecule has 1 aromatic rings. The third-order valence-corrected chi connectivity index (χ3v) is 2.54. The van der Waals surface area contributed by atoms with Crippen molar-refractivity contribution in [2.75, 3.05) is 0 Å². The van der Waals surface area contributed by atoms with Crippen LogP contribution in [0.5, 0.6) is 0 Å². The van der Waals surface area contributed by atoms with E-state index < -0.39 is 0 Å². The molecule has 2 rings (SSSR count). The van der Waals surface area contributed by atoms with Gasteiger partial charge in [0, 0.05) is 5.41 Å². The number of aromatic nitrogens is 1. The molecule has 0 atom stereocenters. The summed E-state index contributed by atoms with van der Waals surface area (Å²) >= 11 is 0. The summed E-state index contributed by atoms with van der Waals surface area (Å²) in [6.07, 6.45) is 8.40. The molecule has 15 heavy (non-hydrogen) atoms. The van der Waals surface area contributed by atoms with Crippen LogP contribution in [0.4, 0.5) is 0 Å². The van der Waals surface area contributed by atoms with E-state index >= 15 is 0 Å². The Hall–Kier alpha value is -1.41. The van der Waals surface area contributed by atoms with Crippen molar-refractivity contribution in [1.29, 1.82) is 0 Å². The molecule has 1 aromatic heterocycles. The molecule has 0 aliphatic heterocycles. The van der Waals surface area contributed by atoms with Gasteiger partial charge in [-0.15, -0.1) is 0 Å². The molecule has 0 saturated heterocycles. The Bertz CT molecular complexity index is 430. The van der Waals surface area contributed by atoms with Gasteiger partial charge in [-0.1, -0.05) is 38.1 Å². The third kappa shape index (κ3) is 2.16. The van der Waals surface area contributed by atoms with E-state index in [0.29, 0.717) is 5.69 Å². The third-order valence-electron chi connectivity index (χ3n) is 2.54. The molecule has 1 heterocycles. The zero-order chi connectivity index (χ0) is 10.9. The number of hydrogen-bond donors (Lipinski definition) is 1. The van der Waals surface area contributed by atoms with Crippen LogP contribution < -0.4 is 0 Å². The fourth-order valence-electron chi connectivity index (χ4n) is 1.54.